The fourth-order valence-corrected chi connectivity index (χ4v) is 6.44. The minimum Gasteiger partial charge on any atom is -0.457 e. The molecule has 6 nitrogen and oxygen atoms in total. The Labute approximate surface area is 211 Å². The molecule has 2 saturated carbocycles. The van der Waals surface area contributed by atoms with Crippen LogP contribution < -0.4 is 10.1 Å². The number of hydrogen-bond acceptors (Lipinski definition) is 4. The lowest BCUT2D eigenvalue weighted by atomic mass is 9.63. The molecule has 1 saturated heterocycles. The van der Waals surface area contributed by atoms with Crippen molar-refractivity contribution < 1.29 is 19.1 Å². The summed E-state index contributed by atoms with van der Waals surface area (Å²) in [5.41, 5.74) is 1.98. The zero-order valence-electron chi connectivity index (χ0n) is 20.9. The van der Waals surface area contributed by atoms with Gasteiger partial charge in [-0.3, -0.25) is 19.3 Å². The van der Waals surface area contributed by atoms with Crippen molar-refractivity contribution in [3.63, 3.8) is 0 Å². The minimum atomic E-state index is -0.372. The van der Waals surface area contributed by atoms with E-state index < -0.39 is 0 Å². The Morgan fingerprint density at radius 3 is 1.97 bits per heavy atom. The van der Waals surface area contributed by atoms with Crippen molar-refractivity contribution in [2.75, 3.05) is 11.9 Å². The van der Waals surface area contributed by atoms with Gasteiger partial charge in [-0.25, -0.2) is 0 Å². The maximum absolute atomic E-state index is 13.1. The molecule has 7 rings (SSSR count). The summed E-state index contributed by atoms with van der Waals surface area (Å²) in [5.74, 6) is 1.55. The van der Waals surface area contributed by atoms with Gasteiger partial charge in [-0.15, -0.1) is 0 Å². The maximum atomic E-state index is 13.1. The van der Waals surface area contributed by atoms with Gasteiger partial charge in [0.25, 0.3) is 0 Å². The predicted molar refractivity (Wildman–Crippen MR) is 136 cm³/mol. The summed E-state index contributed by atoms with van der Waals surface area (Å²) in [5, 5.41) is 2.81. The number of nitrogens with zero attached hydrogens (tertiary/aromatic N) is 1. The standard InChI is InChI=1S/C30H32N2O4/c1-4-30(2,3)17-5-9-19(10-6-17)36-20-11-7-18(8-12-20)31-25(33)16-32-28(34)26-21-13-14-22(24-15-23(21)24)27(26)29(32)35/h5-14,21-24,26-27H,4,15-16H2,1-3H3,(H,31,33)/t21-,22-,23-,24+,26+,27+/m0/s1. The molecule has 6 atom stereocenters. The zero-order chi connectivity index (χ0) is 25.2. The monoisotopic (exact) mass is 484 g/mol. The fraction of sp³-hybridized carbons (Fsp3) is 0.433. The number of benzene rings is 2. The third kappa shape index (κ3) is 3.74. The summed E-state index contributed by atoms with van der Waals surface area (Å²) >= 11 is 0. The van der Waals surface area contributed by atoms with Crippen molar-refractivity contribution in [2.24, 2.45) is 35.5 Å². The van der Waals surface area contributed by atoms with Crippen LogP contribution in [0.3, 0.4) is 0 Å². The molecule has 2 aromatic rings. The number of rotatable bonds is 7. The first-order valence-electron chi connectivity index (χ1n) is 13.0. The molecular formula is C30H32N2O4. The quantitative estimate of drug-likeness (QED) is 0.435. The summed E-state index contributed by atoms with van der Waals surface area (Å²) in [7, 11) is 0. The third-order valence-corrected chi connectivity index (χ3v) is 8.95. The number of allylic oxidation sites excluding steroid dienone is 2. The first-order chi connectivity index (χ1) is 17.3. The Hall–Kier alpha value is -3.41. The van der Waals surface area contributed by atoms with Crippen LogP contribution in [0, 0.1) is 35.5 Å². The Balaban J connectivity index is 1.06. The summed E-state index contributed by atoms with van der Waals surface area (Å²) in [6.45, 7) is 6.39. The average Bonchev–Trinajstić information content (AvgIpc) is 3.66. The molecule has 1 aliphatic heterocycles. The summed E-state index contributed by atoms with van der Waals surface area (Å²) in [6.07, 6.45) is 6.46. The molecule has 5 aliphatic rings. The highest BCUT2D eigenvalue weighted by atomic mass is 16.5. The van der Waals surface area contributed by atoms with Gasteiger partial charge in [0.1, 0.15) is 18.0 Å². The van der Waals surface area contributed by atoms with Gasteiger partial charge in [0, 0.05) is 5.69 Å². The second-order valence-corrected chi connectivity index (χ2v) is 11.4. The van der Waals surface area contributed by atoms with Gasteiger partial charge in [0.05, 0.1) is 11.8 Å². The van der Waals surface area contributed by atoms with Crippen LogP contribution >= 0.6 is 0 Å². The number of carbonyl (C=O) groups excluding carboxylic acids is 3. The van der Waals surface area contributed by atoms with Gasteiger partial charge in [-0.05, 0) is 83.9 Å². The molecule has 186 valence electrons. The lowest BCUT2D eigenvalue weighted by Crippen LogP contribution is -2.40. The van der Waals surface area contributed by atoms with Gasteiger partial charge < -0.3 is 10.1 Å². The second kappa shape index (κ2) is 8.32. The van der Waals surface area contributed by atoms with E-state index in [9.17, 15) is 14.4 Å². The molecule has 0 unspecified atom stereocenters. The van der Waals surface area contributed by atoms with E-state index >= 15 is 0 Å². The smallest absolute Gasteiger partial charge is 0.244 e. The van der Waals surface area contributed by atoms with Gasteiger partial charge in [-0.2, -0.15) is 0 Å². The number of anilines is 1. The highest BCUT2D eigenvalue weighted by Crippen LogP contribution is 2.65. The largest absolute Gasteiger partial charge is 0.457 e. The lowest BCUT2D eigenvalue weighted by Gasteiger charge is -2.37. The molecular weight excluding hydrogens is 452 g/mol. The van der Waals surface area contributed by atoms with Crippen LogP contribution in [0.5, 0.6) is 11.5 Å². The van der Waals surface area contributed by atoms with E-state index in [-0.39, 0.29) is 53.4 Å². The molecule has 2 bridgehead atoms. The van der Waals surface area contributed by atoms with Gasteiger partial charge in [0.15, 0.2) is 0 Å². The van der Waals surface area contributed by atoms with Crippen LogP contribution in [0.2, 0.25) is 0 Å². The van der Waals surface area contributed by atoms with E-state index in [1.165, 1.54) is 10.5 Å². The molecule has 3 fully saturated rings. The summed E-state index contributed by atoms with van der Waals surface area (Å²) < 4.78 is 5.95. The van der Waals surface area contributed by atoms with Crippen molar-refractivity contribution in [2.45, 2.75) is 39.0 Å². The van der Waals surface area contributed by atoms with E-state index in [0.29, 0.717) is 23.3 Å². The predicted octanol–water partition coefficient (Wildman–Crippen LogP) is 5.16. The molecule has 3 amide bonds. The molecule has 4 aliphatic carbocycles. The highest BCUT2D eigenvalue weighted by Gasteiger charge is 2.67. The number of nitrogens with one attached hydrogen (secondary N) is 1. The Bertz CT molecular complexity index is 1210. The Morgan fingerprint density at radius 2 is 1.44 bits per heavy atom. The lowest BCUT2D eigenvalue weighted by molar-refractivity contribution is -0.142. The van der Waals surface area contributed by atoms with Gasteiger partial charge in [-0.1, -0.05) is 45.1 Å². The molecule has 0 aromatic heterocycles. The normalized spacial score (nSPS) is 29.7. The average molecular weight is 485 g/mol. The van der Waals surface area contributed by atoms with Crippen LogP contribution in [0.25, 0.3) is 0 Å². The van der Waals surface area contributed by atoms with Gasteiger partial charge >= 0.3 is 0 Å². The number of likely N-dealkylation sites (tertiary alicyclic amines) is 1. The molecule has 0 radical (unpaired) electrons. The first-order valence-corrected chi connectivity index (χ1v) is 13.0. The van der Waals surface area contributed by atoms with Crippen molar-refractivity contribution in [3.8, 4) is 11.5 Å². The van der Waals surface area contributed by atoms with E-state index in [4.69, 9.17) is 4.74 Å². The van der Waals surface area contributed by atoms with Crippen molar-refractivity contribution in [1.29, 1.82) is 0 Å². The SMILES string of the molecule is CCC(C)(C)c1ccc(Oc2ccc(NC(=O)CN3C(=O)[C@@H]4[C@H]5C=C[C@@H]([C@@H]6C[C@H]56)[C@H]4C3=O)cc2)cc1. The second-order valence-electron chi connectivity index (χ2n) is 11.4. The van der Waals surface area contributed by atoms with Crippen LogP contribution in [-0.2, 0) is 19.8 Å². The van der Waals surface area contributed by atoms with Crippen molar-refractivity contribution in [3.05, 3.63) is 66.2 Å². The highest BCUT2D eigenvalue weighted by molar-refractivity contribution is 6.09. The summed E-state index contributed by atoms with van der Waals surface area (Å²) in [6, 6.07) is 15.2. The van der Waals surface area contributed by atoms with Gasteiger partial charge in [0.2, 0.25) is 17.7 Å². The Kier molecular flexibility index (Phi) is 5.32. The van der Waals surface area contributed by atoms with Crippen molar-refractivity contribution >= 4 is 23.4 Å². The van der Waals surface area contributed by atoms with Crippen LogP contribution in [-0.4, -0.2) is 29.2 Å². The third-order valence-electron chi connectivity index (χ3n) is 8.95. The number of imide groups is 1. The number of hydrogen-bond donors (Lipinski definition) is 1. The van der Waals surface area contributed by atoms with Crippen LogP contribution in [0.15, 0.2) is 60.7 Å². The molecule has 6 heteroatoms. The molecule has 1 heterocycles. The van der Waals surface area contributed by atoms with E-state index in [0.717, 1.165) is 18.6 Å². The zero-order valence-corrected chi connectivity index (χ0v) is 20.9. The molecule has 0 spiro atoms. The van der Waals surface area contributed by atoms with E-state index in [2.05, 4.69) is 50.4 Å². The molecule has 1 N–H and O–H groups in total. The molecule has 2 aromatic carbocycles. The number of carbonyl (C=O) groups is 3. The number of ether oxygens (including phenoxy) is 1. The maximum Gasteiger partial charge on any atom is 0.244 e. The molecule has 36 heavy (non-hydrogen) atoms. The number of amides is 3. The summed E-state index contributed by atoms with van der Waals surface area (Å²) in [4.78, 5) is 40.1. The fourth-order valence-electron chi connectivity index (χ4n) is 6.44. The van der Waals surface area contributed by atoms with Crippen LogP contribution in [0.1, 0.15) is 39.2 Å². The first kappa shape index (κ1) is 23.0. The topological polar surface area (TPSA) is 75.7 Å². The minimum absolute atomic E-state index is 0.123. The van der Waals surface area contributed by atoms with Crippen molar-refractivity contribution in [1.82, 2.24) is 4.90 Å². The van der Waals surface area contributed by atoms with E-state index in [1.54, 1.807) is 24.3 Å². The van der Waals surface area contributed by atoms with Crippen LogP contribution in [0.4, 0.5) is 5.69 Å². The van der Waals surface area contributed by atoms with E-state index in [1.807, 2.05) is 12.1 Å². The Morgan fingerprint density at radius 1 is 0.917 bits per heavy atom.